The predicted molar refractivity (Wildman–Crippen MR) is 77.4 cm³/mol. The number of hydrogen-bond acceptors (Lipinski definition) is 5. The van der Waals surface area contributed by atoms with Crippen LogP contribution in [0.15, 0.2) is 18.3 Å². The average Bonchev–Trinajstić information content (AvgIpc) is 2.36. The Morgan fingerprint density at radius 2 is 2.16 bits per heavy atom. The lowest BCUT2D eigenvalue weighted by Crippen LogP contribution is -2.14. The van der Waals surface area contributed by atoms with Gasteiger partial charge in [0.1, 0.15) is 9.84 Å². The quantitative estimate of drug-likeness (QED) is 0.741. The van der Waals surface area contributed by atoms with Gasteiger partial charge in [-0.05, 0) is 32.4 Å². The fourth-order valence-corrected chi connectivity index (χ4v) is 2.37. The van der Waals surface area contributed by atoms with Crippen molar-refractivity contribution in [3.8, 4) is 5.88 Å². The minimum atomic E-state index is -2.89. The van der Waals surface area contributed by atoms with E-state index >= 15 is 0 Å². The Morgan fingerprint density at radius 3 is 2.79 bits per heavy atom. The Hall–Kier alpha value is -1.30. The van der Waals surface area contributed by atoms with Crippen LogP contribution in [-0.2, 0) is 9.84 Å². The van der Waals surface area contributed by atoms with Crippen LogP contribution >= 0.6 is 0 Å². The van der Waals surface area contributed by atoms with Gasteiger partial charge in [-0.2, -0.15) is 0 Å². The fraction of sp³-hybridized carbons (Fsp3) is 0.615. The highest BCUT2D eigenvalue weighted by Gasteiger charge is 2.08. The molecule has 0 amide bonds. The number of nitrogens with zero attached hydrogens (tertiary/aromatic N) is 1. The molecule has 0 aliphatic rings. The van der Waals surface area contributed by atoms with E-state index in [4.69, 9.17) is 4.74 Å². The van der Waals surface area contributed by atoms with E-state index in [1.807, 2.05) is 26.0 Å². The Labute approximate surface area is 115 Å². The summed E-state index contributed by atoms with van der Waals surface area (Å²) in [6.45, 7) is 6.12. The summed E-state index contributed by atoms with van der Waals surface area (Å²) in [7, 11) is -2.89. The third-order valence-electron chi connectivity index (χ3n) is 2.51. The smallest absolute Gasteiger partial charge is 0.237 e. The van der Waals surface area contributed by atoms with Crippen molar-refractivity contribution >= 4 is 15.5 Å². The van der Waals surface area contributed by atoms with Crippen molar-refractivity contribution in [1.82, 2.24) is 4.98 Å². The zero-order chi connectivity index (χ0) is 14.3. The van der Waals surface area contributed by atoms with Crippen LogP contribution in [0.2, 0.25) is 0 Å². The minimum absolute atomic E-state index is 0.0518. The second kappa shape index (κ2) is 7.33. The van der Waals surface area contributed by atoms with Gasteiger partial charge >= 0.3 is 0 Å². The van der Waals surface area contributed by atoms with Crippen LogP contribution in [0, 0.1) is 0 Å². The first-order valence-electron chi connectivity index (χ1n) is 6.50. The monoisotopic (exact) mass is 286 g/mol. The summed E-state index contributed by atoms with van der Waals surface area (Å²) in [5.74, 6) is 0.953. The first kappa shape index (κ1) is 15.8. The number of pyridine rings is 1. The van der Waals surface area contributed by atoms with Gasteiger partial charge in [0.15, 0.2) is 0 Å². The molecule has 0 fully saturated rings. The molecule has 1 aromatic rings. The first-order valence-corrected chi connectivity index (χ1v) is 8.32. The van der Waals surface area contributed by atoms with E-state index in [0.29, 0.717) is 18.8 Å². The van der Waals surface area contributed by atoms with Crippen LogP contribution in [0.4, 0.5) is 5.69 Å². The number of anilines is 1. The summed E-state index contributed by atoms with van der Waals surface area (Å²) in [4.78, 5) is 4.16. The lowest BCUT2D eigenvalue weighted by Gasteiger charge is -2.14. The summed E-state index contributed by atoms with van der Waals surface area (Å²) >= 11 is 0. The molecule has 0 atom stereocenters. The van der Waals surface area contributed by atoms with Crippen LogP contribution in [0.5, 0.6) is 5.88 Å². The van der Waals surface area contributed by atoms with Crippen molar-refractivity contribution in [3.05, 3.63) is 18.3 Å². The van der Waals surface area contributed by atoms with Crippen LogP contribution in [0.3, 0.4) is 0 Å². The minimum Gasteiger partial charge on any atom is -0.473 e. The molecular formula is C13H22N2O3S. The number of nitrogens with one attached hydrogen (secondary N) is 1. The number of sulfone groups is 1. The molecule has 1 heterocycles. The molecule has 1 aromatic heterocycles. The largest absolute Gasteiger partial charge is 0.473 e. The number of rotatable bonds is 8. The molecule has 5 nitrogen and oxygen atoms in total. The molecule has 19 heavy (non-hydrogen) atoms. The molecular weight excluding hydrogens is 264 g/mol. The molecule has 6 heteroatoms. The van der Waals surface area contributed by atoms with Gasteiger partial charge in [0, 0.05) is 18.5 Å². The number of hydrogen-bond donors (Lipinski definition) is 1. The SMILES string of the molecule is CCS(=O)(=O)CCCNc1cccnc1OC(C)C. The van der Waals surface area contributed by atoms with E-state index in [2.05, 4.69) is 10.3 Å². The summed E-state index contributed by atoms with van der Waals surface area (Å²) in [5, 5.41) is 3.16. The lowest BCUT2D eigenvalue weighted by molar-refractivity contribution is 0.234. The molecule has 0 radical (unpaired) electrons. The molecule has 0 spiro atoms. The van der Waals surface area contributed by atoms with E-state index in [9.17, 15) is 8.42 Å². The Balaban J connectivity index is 2.49. The van der Waals surface area contributed by atoms with Gasteiger partial charge in [0.2, 0.25) is 5.88 Å². The summed E-state index contributed by atoms with van der Waals surface area (Å²) in [6.07, 6.45) is 2.30. The Kier molecular flexibility index (Phi) is 6.08. The molecule has 108 valence electrons. The van der Waals surface area contributed by atoms with Gasteiger partial charge in [0.25, 0.3) is 0 Å². The molecule has 0 unspecified atom stereocenters. The molecule has 0 aliphatic heterocycles. The van der Waals surface area contributed by atoms with Crippen LogP contribution in [-0.4, -0.2) is 37.6 Å². The van der Waals surface area contributed by atoms with E-state index < -0.39 is 9.84 Å². The second-order valence-electron chi connectivity index (χ2n) is 4.54. The van der Waals surface area contributed by atoms with Crippen molar-refractivity contribution in [3.63, 3.8) is 0 Å². The van der Waals surface area contributed by atoms with Crippen molar-refractivity contribution in [2.24, 2.45) is 0 Å². The van der Waals surface area contributed by atoms with E-state index in [1.165, 1.54) is 0 Å². The molecule has 1 N–H and O–H groups in total. The summed E-state index contributed by atoms with van der Waals surface area (Å²) < 4.78 is 28.3. The van der Waals surface area contributed by atoms with Crippen molar-refractivity contribution in [1.29, 1.82) is 0 Å². The normalized spacial score (nSPS) is 11.6. The predicted octanol–water partition coefficient (Wildman–Crippen LogP) is 2.11. The van der Waals surface area contributed by atoms with E-state index in [1.54, 1.807) is 13.1 Å². The number of ether oxygens (including phenoxy) is 1. The second-order valence-corrected chi connectivity index (χ2v) is 7.01. The molecule has 0 saturated heterocycles. The molecule has 0 bridgehead atoms. The maximum Gasteiger partial charge on any atom is 0.237 e. The van der Waals surface area contributed by atoms with Crippen LogP contribution in [0.25, 0.3) is 0 Å². The number of aromatic nitrogens is 1. The molecule has 0 aliphatic carbocycles. The Morgan fingerprint density at radius 1 is 1.42 bits per heavy atom. The highest BCUT2D eigenvalue weighted by Crippen LogP contribution is 2.21. The molecule has 0 aromatic carbocycles. The van der Waals surface area contributed by atoms with Gasteiger partial charge < -0.3 is 10.1 Å². The van der Waals surface area contributed by atoms with Crippen molar-refractivity contribution < 1.29 is 13.2 Å². The average molecular weight is 286 g/mol. The third kappa shape index (κ3) is 5.92. The van der Waals surface area contributed by atoms with E-state index in [-0.39, 0.29) is 17.6 Å². The summed E-state index contributed by atoms with van der Waals surface area (Å²) in [6, 6.07) is 3.69. The highest BCUT2D eigenvalue weighted by molar-refractivity contribution is 7.91. The third-order valence-corrected chi connectivity index (χ3v) is 4.30. The summed E-state index contributed by atoms with van der Waals surface area (Å²) in [5.41, 5.74) is 0.796. The van der Waals surface area contributed by atoms with Crippen molar-refractivity contribution in [2.45, 2.75) is 33.3 Å². The van der Waals surface area contributed by atoms with E-state index in [0.717, 1.165) is 5.69 Å². The fourth-order valence-electron chi connectivity index (χ4n) is 1.50. The maximum atomic E-state index is 11.4. The molecule has 1 rings (SSSR count). The van der Waals surface area contributed by atoms with Gasteiger partial charge in [-0.25, -0.2) is 13.4 Å². The van der Waals surface area contributed by atoms with Gasteiger partial charge in [0.05, 0.1) is 17.5 Å². The zero-order valence-corrected chi connectivity index (χ0v) is 12.5. The maximum absolute atomic E-state index is 11.4. The lowest BCUT2D eigenvalue weighted by atomic mass is 10.3. The highest BCUT2D eigenvalue weighted by atomic mass is 32.2. The topological polar surface area (TPSA) is 68.3 Å². The Bertz CT molecular complexity index is 486. The van der Waals surface area contributed by atoms with Gasteiger partial charge in [-0.3, -0.25) is 0 Å². The standard InChI is InChI=1S/C13H22N2O3S/c1-4-19(16,17)10-6-9-14-12-7-5-8-15-13(12)18-11(2)3/h5,7-8,11,14H,4,6,9-10H2,1-3H3. The van der Waals surface area contributed by atoms with Crippen LogP contribution < -0.4 is 10.1 Å². The first-order chi connectivity index (χ1) is 8.94. The zero-order valence-electron chi connectivity index (χ0n) is 11.7. The van der Waals surface area contributed by atoms with Gasteiger partial charge in [-0.15, -0.1) is 0 Å². The van der Waals surface area contributed by atoms with Gasteiger partial charge in [-0.1, -0.05) is 6.92 Å². The van der Waals surface area contributed by atoms with Crippen LogP contribution in [0.1, 0.15) is 27.2 Å². The van der Waals surface area contributed by atoms with Crippen molar-refractivity contribution in [2.75, 3.05) is 23.4 Å². The molecule has 0 saturated carbocycles.